The first-order chi connectivity index (χ1) is 9.36. The monoisotopic (exact) mass is 272 g/mol. The fraction of sp³-hybridized carbons (Fsp3) is 0.154. The SMILES string of the molecule is CCOc1ccc(-n2nnc(-c3cccs3)n2)cc1. The van der Waals surface area contributed by atoms with Gasteiger partial charge >= 0.3 is 0 Å². The minimum atomic E-state index is 0.642. The summed E-state index contributed by atoms with van der Waals surface area (Å²) < 4.78 is 5.40. The Balaban J connectivity index is 1.86. The van der Waals surface area contributed by atoms with Gasteiger partial charge in [-0.1, -0.05) is 6.07 Å². The minimum Gasteiger partial charge on any atom is -0.494 e. The van der Waals surface area contributed by atoms with E-state index in [-0.39, 0.29) is 0 Å². The molecule has 1 aromatic carbocycles. The molecule has 3 aromatic rings. The topological polar surface area (TPSA) is 52.8 Å². The molecule has 0 spiro atoms. The lowest BCUT2D eigenvalue weighted by Gasteiger charge is -2.03. The van der Waals surface area contributed by atoms with Crippen LogP contribution in [0.5, 0.6) is 5.75 Å². The molecule has 0 atom stereocenters. The number of hydrogen-bond acceptors (Lipinski definition) is 5. The van der Waals surface area contributed by atoms with Crippen molar-refractivity contribution >= 4 is 11.3 Å². The van der Waals surface area contributed by atoms with Gasteiger partial charge in [-0.05, 0) is 47.8 Å². The van der Waals surface area contributed by atoms with Crippen LogP contribution in [0.15, 0.2) is 41.8 Å². The largest absolute Gasteiger partial charge is 0.494 e. The average Bonchev–Trinajstić information content (AvgIpc) is 3.11. The summed E-state index contributed by atoms with van der Waals surface area (Å²) in [5.74, 6) is 1.48. The van der Waals surface area contributed by atoms with E-state index in [1.807, 2.05) is 48.7 Å². The van der Waals surface area contributed by atoms with E-state index < -0.39 is 0 Å². The van der Waals surface area contributed by atoms with Gasteiger partial charge in [0, 0.05) is 0 Å². The molecule has 96 valence electrons. The Morgan fingerprint density at radius 2 is 2.05 bits per heavy atom. The van der Waals surface area contributed by atoms with Crippen molar-refractivity contribution in [3.05, 3.63) is 41.8 Å². The molecule has 0 aliphatic carbocycles. The Bertz CT molecular complexity index is 646. The fourth-order valence-electron chi connectivity index (χ4n) is 1.67. The van der Waals surface area contributed by atoms with Gasteiger partial charge in [-0.2, -0.15) is 0 Å². The van der Waals surface area contributed by atoms with Crippen LogP contribution in [0, 0.1) is 0 Å². The molecular weight excluding hydrogens is 260 g/mol. The second-order valence-electron chi connectivity index (χ2n) is 3.81. The van der Waals surface area contributed by atoms with Crippen molar-refractivity contribution in [3.8, 4) is 22.1 Å². The predicted molar refractivity (Wildman–Crippen MR) is 73.6 cm³/mol. The van der Waals surface area contributed by atoms with Crippen molar-refractivity contribution in [2.75, 3.05) is 6.61 Å². The van der Waals surface area contributed by atoms with Gasteiger partial charge in [0.1, 0.15) is 5.75 Å². The maximum atomic E-state index is 5.40. The maximum absolute atomic E-state index is 5.40. The molecule has 0 saturated heterocycles. The molecule has 0 N–H and O–H groups in total. The summed E-state index contributed by atoms with van der Waals surface area (Å²) in [5, 5.41) is 14.5. The molecule has 0 radical (unpaired) electrons. The Kier molecular flexibility index (Phi) is 3.24. The second kappa shape index (κ2) is 5.19. The first-order valence-corrected chi connectivity index (χ1v) is 6.82. The van der Waals surface area contributed by atoms with Gasteiger partial charge in [-0.15, -0.1) is 26.3 Å². The molecule has 0 aliphatic heterocycles. The number of thiophene rings is 1. The van der Waals surface area contributed by atoms with E-state index in [1.165, 1.54) is 4.80 Å². The summed E-state index contributed by atoms with van der Waals surface area (Å²) in [5.41, 5.74) is 0.860. The lowest BCUT2D eigenvalue weighted by atomic mass is 10.3. The lowest BCUT2D eigenvalue weighted by molar-refractivity contribution is 0.340. The molecular formula is C13H12N4OS. The van der Waals surface area contributed by atoms with E-state index in [9.17, 15) is 0 Å². The Morgan fingerprint density at radius 1 is 1.21 bits per heavy atom. The number of tetrazole rings is 1. The standard InChI is InChI=1S/C13H12N4OS/c1-2-18-11-7-5-10(6-8-11)17-15-13(14-16-17)12-4-3-9-19-12/h3-9H,2H2,1H3. The van der Waals surface area contributed by atoms with Crippen LogP contribution in [0.3, 0.4) is 0 Å². The van der Waals surface area contributed by atoms with Gasteiger partial charge in [0.15, 0.2) is 0 Å². The fourth-order valence-corrected chi connectivity index (χ4v) is 2.32. The highest BCUT2D eigenvalue weighted by Gasteiger charge is 2.07. The minimum absolute atomic E-state index is 0.642. The molecule has 0 fully saturated rings. The van der Waals surface area contributed by atoms with Crippen LogP contribution in [0.2, 0.25) is 0 Å². The van der Waals surface area contributed by atoms with Crippen LogP contribution in [0.1, 0.15) is 6.92 Å². The normalized spacial score (nSPS) is 10.6. The highest BCUT2D eigenvalue weighted by Crippen LogP contribution is 2.20. The van der Waals surface area contributed by atoms with Crippen molar-refractivity contribution in [2.45, 2.75) is 6.92 Å². The third-order valence-corrected chi connectivity index (χ3v) is 3.40. The zero-order valence-electron chi connectivity index (χ0n) is 10.4. The molecule has 2 heterocycles. The van der Waals surface area contributed by atoms with Crippen LogP contribution < -0.4 is 4.74 Å². The van der Waals surface area contributed by atoms with E-state index in [2.05, 4.69) is 15.4 Å². The number of nitrogens with zero attached hydrogens (tertiary/aromatic N) is 4. The Morgan fingerprint density at radius 3 is 2.74 bits per heavy atom. The van der Waals surface area contributed by atoms with Crippen molar-refractivity contribution in [2.24, 2.45) is 0 Å². The van der Waals surface area contributed by atoms with Crippen molar-refractivity contribution in [3.63, 3.8) is 0 Å². The molecule has 0 amide bonds. The summed E-state index contributed by atoms with van der Waals surface area (Å²) in [6, 6.07) is 11.6. The van der Waals surface area contributed by atoms with E-state index in [1.54, 1.807) is 11.3 Å². The van der Waals surface area contributed by atoms with Gasteiger partial charge in [-0.25, -0.2) is 0 Å². The molecule has 6 heteroatoms. The lowest BCUT2D eigenvalue weighted by Crippen LogP contribution is -1.99. The van der Waals surface area contributed by atoms with E-state index >= 15 is 0 Å². The van der Waals surface area contributed by atoms with E-state index in [0.29, 0.717) is 12.4 Å². The molecule has 3 rings (SSSR count). The van der Waals surface area contributed by atoms with Crippen LogP contribution in [0.4, 0.5) is 0 Å². The highest BCUT2D eigenvalue weighted by atomic mass is 32.1. The number of aromatic nitrogens is 4. The molecule has 2 aromatic heterocycles. The quantitative estimate of drug-likeness (QED) is 0.733. The first kappa shape index (κ1) is 11.9. The second-order valence-corrected chi connectivity index (χ2v) is 4.75. The van der Waals surface area contributed by atoms with Crippen molar-refractivity contribution < 1.29 is 4.74 Å². The molecule has 5 nitrogen and oxygen atoms in total. The summed E-state index contributed by atoms with van der Waals surface area (Å²) in [6.45, 7) is 2.61. The van der Waals surface area contributed by atoms with Gasteiger partial charge in [0.25, 0.3) is 0 Å². The zero-order valence-corrected chi connectivity index (χ0v) is 11.2. The predicted octanol–water partition coefficient (Wildman–Crippen LogP) is 2.79. The number of hydrogen-bond donors (Lipinski definition) is 0. The third-order valence-electron chi connectivity index (χ3n) is 2.53. The average molecular weight is 272 g/mol. The van der Waals surface area contributed by atoms with E-state index in [0.717, 1.165) is 16.3 Å². The van der Waals surface area contributed by atoms with Crippen molar-refractivity contribution in [1.82, 2.24) is 20.2 Å². The zero-order chi connectivity index (χ0) is 13.1. The molecule has 0 aliphatic rings. The van der Waals surface area contributed by atoms with Crippen LogP contribution >= 0.6 is 11.3 Å². The van der Waals surface area contributed by atoms with Gasteiger partial charge < -0.3 is 4.74 Å². The van der Waals surface area contributed by atoms with Crippen LogP contribution in [-0.4, -0.2) is 26.8 Å². The summed E-state index contributed by atoms with van der Waals surface area (Å²) in [6.07, 6.45) is 0. The van der Waals surface area contributed by atoms with Gasteiger partial charge in [0.2, 0.25) is 5.82 Å². The maximum Gasteiger partial charge on any atom is 0.215 e. The Labute approximate surface area is 114 Å². The van der Waals surface area contributed by atoms with Gasteiger partial charge in [0.05, 0.1) is 17.2 Å². The molecule has 19 heavy (non-hydrogen) atoms. The van der Waals surface area contributed by atoms with Crippen LogP contribution in [0.25, 0.3) is 16.4 Å². The summed E-state index contributed by atoms with van der Waals surface area (Å²) >= 11 is 1.60. The highest BCUT2D eigenvalue weighted by molar-refractivity contribution is 7.13. The number of rotatable bonds is 4. The summed E-state index contributed by atoms with van der Waals surface area (Å²) in [4.78, 5) is 2.53. The van der Waals surface area contributed by atoms with Crippen LogP contribution in [-0.2, 0) is 0 Å². The summed E-state index contributed by atoms with van der Waals surface area (Å²) in [7, 11) is 0. The molecule has 0 unspecified atom stereocenters. The number of benzene rings is 1. The number of ether oxygens (including phenoxy) is 1. The Hall–Kier alpha value is -2.21. The van der Waals surface area contributed by atoms with Crippen molar-refractivity contribution in [1.29, 1.82) is 0 Å². The van der Waals surface area contributed by atoms with Gasteiger partial charge in [-0.3, -0.25) is 0 Å². The third kappa shape index (κ3) is 2.48. The molecule has 0 saturated carbocycles. The molecule has 0 bridgehead atoms. The smallest absolute Gasteiger partial charge is 0.215 e. The first-order valence-electron chi connectivity index (χ1n) is 5.94. The van der Waals surface area contributed by atoms with E-state index in [4.69, 9.17) is 4.74 Å².